The van der Waals surface area contributed by atoms with E-state index in [-0.39, 0.29) is 0 Å². The Balaban J connectivity index is 1.56. The van der Waals surface area contributed by atoms with Crippen molar-refractivity contribution in [1.29, 1.82) is 0 Å². The van der Waals surface area contributed by atoms with Crippen LogP contribution in [-0.4, -0.2) is 16.1 Å². The maximum atomic E-state index is 14.4. The molecule has 5 aromatic rings. The van der Waals surface area contributed by atoms with Crippen LogP contribution >= 0.6 is 11.3 Å². The molecule has 176 valence electrons. The van der Waals surface area contributed by atoms with Gasteiger partial charge in [-0.15, -0.1) is 11.3 Å². The molecule has 1 aliphatic carbocycles. The van der Waals surface area contributed by atoms with Gasteiger partial charge in [-0.05, 0) is 35.9 Å². The Bertz CT molecular complexity index is 1700. The van der Waals surface area contributed by atoms with Crippen LogP contribution in [0.5, 0.6) is 0 Å². The predicted octanol–water partition coefficient (Wildman–Crippen LogP) is 7.38. The summed E-state index contributed by atoms with van der Waals surface area (Å²) in [6.07, 6.45) is 1.21. The Labute approximate surface area is 205 Å². The van der Waals surface area contributed by atoms with Gasteiger partial charge in [-0.1, -0.05) is 48.5 Å². The third-order valence-corrected chi connectivity index (χ3v) is 7.21. The zero-order chi connectivity index (χ0) is 25.1. The van der Waals surface area contributed by atoms with Crippen LogP contribution in [0.25, 0.3) is 32.4 Å². The van der Waals surface area contributed by atoms with Crippen LogP contribution in [0, 0.1) is 23.3 Å². The molecule has 0 fully saturated rings. The second kappa shape index (κ2) is 8.13. The smallest absolute Gasteiger partial charge is 0.200 e. The number of halogens is 4. The molecule has 6 rings (SSSR count). The Hall–Kier alpha value is -4.30. The zero-order valence-corrected chi connectivity index (χ0v) is 19.0. The van der Waals surface area contributed by atoms with Gasteiger partial charge in [-0.2, -0.15) is 0 Å². The van der Waals surface area contributed by atoms with Crippen molar-refractivity contribution in [1.82, 2.24) is 4.57 Å². The van der Waals surface area contributed by atoms with Crippen molar-refractivity contribution in [3.05, 3.63) is 118 Å². The van der Waals surface area contributed by atoms with Gasteiger partial charge in [0.15, 0.2) is 23.3 Å². The Morgan fingerprint density at radius 3 is 1.83 bits per heavy atom. The topological polar surface area (TPSA) is 39.1 Å². The highest BCUT2D eigenvalue weighted by atomic mass is 32.1. The summed E-state index contributed by atoms with van der Waals surface area (Å²) in [6.45, 7) is 0. The first-order chi connectivity index (χ1) is 17.4. The van der Waals surface area contributed by atoms with Gasteiger partial charge in [-0.25, -0.2) is 17.6 Å². The standard InChI is InChI=1S/C28H13F4NO2S/c29-23-21-22(24(30)26(32)25(23)31)28(35)17(27(21)34)11-16-12-20-18(33(16)15-9-5-2-6-10-15)13-19(36-20)14-7-3-1-4-8-14/h1-13H. The van der Waals surface area contributed by atoms with Gasteiger partial charge in [0.05, 0.1) is 26.9 Å². The van der Waals surface area contributed by atoms with Gasteiger partial charge < -0.3 is 4.57 Å². The van der Waals surface area contributed by atoms with E-state index in [1.54, 1.807) is 6.07 Å². The van der Waals surface area contributed by atoms with Gasteiger partial charge in [0.1, 0.15) is 0 Å². The maximum Gasteiger partial charge on any atom is 0.200 e. The molecule has 0 aliphatic heterocycles. The molecular formula is C28H13F4NO2S. The minimum Gasteiger partial charge on any atom is -0.309 e. The minimum absolute atomic E-state index is 0.397. The quantitative estimate of drug-likeness (QED) is 0.0847. The van der Waals surface area contributed by atoms with E-state index >= 15 is 0 Å². The van der Waals surface area contributed by atoms with Gasteiger partial charge in [0.2, 0.25) is 11.6 Å². The second-order valence-electron chi connectivity index (χ2n) is 8.19. The Kier molecular flexibility index (Phi) is 5.01. The lowest BCUT2D eigenvalue weighted by atomic mass is 10.1. The third kappa shape index (κ3) is 3.18. The van der Waals surface area contributed by atoms with Crippen LogP contribution in [0.1, 0.15) is 26.4 Å². The molecule has 3 aromatic carbocycles. The van der Waals surface area contributed by atoms with Crippen LogP contribution in [0.3, 0.4) is 0 Å². The average Bonchev–Trinajstić information content (AvgIpc) is 3.53. The van der Waals surface area contributed by atoms with Gasteiger partial charge in [0, 0.05) is 16.3 Å². The van der Waals surface area contributed by atoms with E-state index in [0.717, 1.165) is 26.3 Å². The SMILES string of the molecule is O=C1C(=Cc2cc3sc(-c4ccccc4)cc3n2-c2ccccc2)C(=O)c2c(F)c(F)c(F)c(F)c21. The molecule has 0 radical (unpaired) electrons. The fourth-order valence-corrected chi connectivity index (χ4v) is 5.53. The first-order valence-corrected chi connectivity index (χ1v) is 11.6. The van der Waals surface area contributed by atoms with E-state index in [1.807, 2.05) is 71.3 Å². The number of carbonyl (C=O) groups excluding carboxylic acids is 2. The fourth-order valence-electron chi connectivity index (χ4n) is 4.44. The second-order valence-corrected chi connectivity index (χ2v) is 9.27. The van der Waals surface area contributed by atoms with Gasteiger partial charge in [0.25, 0.3) is 0 Å². The van der Waals surface area contributed by atoms with Crippen molar-refractivity contribution in [3.63, 3.8) is 0 Å². The van der Waals surface area contributed by atoms with E-state index in [4.69, 9.17) is 0 Å². The van der Waals surface area contributed by atoms with Crippen molar-refractivity contribution in [3.8, 4) is 16.1 Å². The van der Waals surface area contributed by atoms with Crippen molar-refractivity contribution in [2.24, 2.45) is 0 Å². The highest BCUT2D eigenvalue weighted by molar-refractivity contribution is 7.22. The molecule has 1 aliphatic rings. The summed E-state index contributed by atoms with van der Waals surface area (Å²) >= 11 is 1.50. The predicted molar refractivity (Wildman–Crippen MR) is 130 cm³/mol. The number of para-hydroxylation sites is 1. The number of aromatic nitrogens is 1. The summed E-state index contributed by atoms with van der Waals surface area (Å²) in [7, 11) is 0. The molecule has 0 bridgehead atoms. The molecule has 0 N–H and O–H groups in total. The highest BCUT2D eigenvalue weighted by Gasteiger charge is 2.42. The first-order valence-electron chi connectivity index (χ1n) is 10.8. The average molecular weight is 503 g/mol. The van der Waals surface area contributed by atoms with E-state index in [9.17, 15) is 27.2 Å². The van der Waals surface area contributed by atoms with Gasteiger partial charge in [-0.3, -0.25) is 9.59 Å². The number of ketones is 2. The number of benzene rings is 3. The number of Topliss-reactive ketones (excluding diaryl/α,β-unsaturated/α-hetero) is 2. The van der Waals surface area contributed by atoms with Crippen LogP contribution in [0.2, 0.25) is 0 Å². The first kappa shape index (κ1) is 22.2. The molecule has 0 amide bonds. The lowest BCUT2D eigenvalue weighted by molar-refractivity contribution is 0.0988. The molecule has 8 heteroatoms. The molecule has 3 nitrogen and oxygen atoms in total. The van der Waals surface area contributed by atoms with Gasteiger partial charge >= 0.3 is 0 Å². The number of thiophene rings is 1. The van der Waals surface area contributed by atoms with Crippen molar-refractivity contribution in [2.45, 2.75) is 0 Å². The molecular weight excluding hydrogens is 490 g/mol. The van der Waals surface area contributed by atoms with Crippen molar-refractivity contribution in [2.75, 3.05) is 0 Å². The zero-order valence-electron chi connectivity index (χ0n) is 18.2. The van der Waals surface area contributed by atoms with Crippen LogP contribution in [0.15, 0.2) is 78.4 Å². The summed E-state index contributed by atoms with van der Waals surface area (Å²) in [4.78, 5) is 26.8. The number of hydrogen-bond donors (Lipinski definition) is 0. The summed E-state index contributed by atoms with van der Waals surface area (Å²) in [5, 5.41) is 0. The fraction of sp³-hybridized carbons (Fsp3) is 0. The molecule has 0 atom stereocenters. The monoisotopic (exact) mass is 503 g/mol. The van der Waals surface area contributed by atoms with E-state index in [1.165, 1.54) is 17.4 Å². The molecule has 2 heterocycles. The minimum atomic E-state index is -2.13. The number of allylic oxidation sites excluding steroid dienone is 1. The summed E-state index contributed by atoms with van der Waals surface area (Å²) in [5.74, 6) is -10.4. The number of hydrogen-bond acceptors (Lipinski definition) is 3. The maximum absolute atomic E-state index is 14.4. The Morgan fingerprint density at radius 2 is 1.25 bits per heavy atom. The largest absolute Gasteiger partial charge is 0.309 e. The molecule has 2 aromatic heterocycles. The van der Waals surface area contributed by atoms with E-state index in [0.29, 0.717) is 5.69 Å². The summed E-state index contributed by atoms with van der Waals surface area (Å²) in [6, 6.07) is 22.6. The van der Waals surface area contributed by atoms with Crippen molar-refractivity contribution < 1.29 is 27.2 Å². The normalized spacial score (nSPS) is 13.1. The number of fused-ring (bicyclic) bond motifs is 2. The highest BCUT2D eigenvalue weighted by Crippen LogP contribution is 2.39. The van der Waals surface area contributed by atoms with Crippen LogP contribution in [-0.2, 0) is 0 Å². The van der Waals surface area contributed by atoms with Crippen molar-refractivity contribution >= 4 is 39.2 Å². The number of rotatable bonds is 3. The molecule has 0 spiro atoms. The van der Waals surface area contributed by atoms with E-state index < -0.39 is 51.5 Å². The number of nitrogens with zero attached hydrogens (tertiary/aromatic N) is 1. The lowest BCUT2D eigenvalue weighted by Crippen LogP contribution is -2.07. The third-order valence-electron chi connectivity index (χ3n) is 6.09. The summed E-state index contributed by atoms with van der Waals surface area (Å²) < 4.78 is 58.9. The molecule has 0 saturated heterocycles. The molecule has 0 saturated carbocycles. The van der Waals surface area contributed by atoms with Crippen LogP contribution < -0.4 is 0 Å². The lowest BCUT2D eigenvalue weighted by Gasteiger charge is -2.08. The summed E-state index contributed by atoms with van der Waals surface area (Å²) in [5.41, 5.74) is 0.183. The molecule has 36 heavy (non-hydrogen) atoms. The molecule has 0 unspecified atom stereocenters. The Morgan fingerprint density at radius 1 is 0.694 bits per heavy atom. The van der Waals surface area contributed by atoms with Crippen LogP contribution in [0.4, 0.5) is 17.6 Å². The van der Waals surface area contributed by atoms with E-state index in [2.05, 4.69) is 0 Å². The number of carbonyl (C=O) groups is 2.